The van der Waals surface area contributed by atoms with Crippen molar-refractivity contribution in [3.05, 3.63) is 23.8 Å². The van der Waals surface area contributed by atoms with Crippen molar-refractivity contribution < 1.29 is 27.7 Å². The third-order valence-corrected chi connectivity index (χ3v) is 3.43. The van der Waals surface area contributed by atoms with Crippen molar-refractivity contribution in [3.8, 4) is 11.5 Å². The van der Waals surface area contributed by atoms with Gasteiger partial charge in [-0.2, -0.15) is 8.78 Å². The maximum Gasteiger partial charge on any atom is 0.387 e. The maximum absolute atomic E-state index is 12.6. The van der Waals surface area contributed by atoms with Gasteiger partial charge in [-0.15, -0.1) is 0 Å². The molecule has 0 atom stereocenters. The van der Waals surface area contributed by atoms with Crippen LogP contribution >= 0.6 is 0 Å². The Hall–Kier alpha value is -2.13. The van der Waals surface area contributed by atoms with Crippen LogP contribution in [-0.4, -0.2) is 59.7 Å². The molecule has 0 unspecified atom stereocenters. The van der Waals surface area contributed by atoms with Crippen LogP contribution in [0.3, 0.4) is 0 Å². The molecule has 1 rings (SSSR count). The second kappa shape index (κ2) is 14.0. The first-order valence-electron chi connectivity index (χ1n) is 8.81. The molecule has 0 fully saturated rings. The summed E-state index contributed by atoms with van der Waals surface area (Å²) in [6.07, 6.45) is 0.799. The fourth-order valence-corrected chi connectivity index (χ4v) is 2.15. The van der Waals surface area contributed by atoms with E-state index in [0.29, 0.717) is 50.2 Å². The molecule has 0 aromatic heterocycles. The lowest BCUT2D eigenvalue weighted by Crippen LogP contribution is -2.38. The van der Waals surface area contributed by atoms with Gasteiger partial charge in [0.15, 0.2) is 5.96 Å². The van der Waals surface area contributed by atoms with Gasteiger partial charge in [0.05, 0.1) is 26.9 Å². The molecule has 7 nitrogen and oxygen atoms in total. The summed E-state index contributed by atoms with van der Waals surface area (Å²) in [5, 5.41) is 6.29. The fourth-order valence-electron chi connectivity index (χ4n) is 2.15. The number of hydrogen-bond acceptors (Lipinski definition) is 5. The smallest absolute Gasteiger partial charge is 0.387 e. The Morgan fingerprint density at radius 2 is 1.96 bits per heavy atom. The van der Waals surface area contributed by atoms with Crippen molar-refractivity contribution in [1.82, 2.24) is 10.6 Å². The van der Waals surface area contributed by atoms with Gasteiger partial charge in [-0.1, -0.05) is 0 Å². The van der Waals surface area contributed by atoms with E-state index < -0.39 is 6.61 Å². The Kier molecular flexibility index (Phi) is 11.9. The van der Waals surface area contributed by atoms with Crippen molar-refractivity contribution in [2.45, 2.75) is 26.5 Å². The molecule has 0 radical (unpaired) electrons. The summed E-state index contributed by atoms with van der Waals surface area (Å²) in [4.78, 5) is 4.43. The molecule has 0 saturated heterocycles. The van der Waals surface area contributed by atoms with Gasteiger partial charge in [0.1, 0.15) is 11.5 Å². The molecule has 1 aromatic carbocycles. The summed E-state index contributed by atoms with van der Waals surface area (Å²) in [5.74, 6) is 1.21. The first kappa shape index (κ1) is 22.9. The first-order chi connectivity index (χ1) is 13.1. The Morgan fingerprint density at radius 3 is 2.63 bits per heavy atom. The molecule has 27 heavy (non-hydrogen) atoms. The minimum Gasteiger partial charge on any atom is -0.497 e. The zero-order chi connectivity index (χ0) is 19.9. The van der Waals surface area contributed by atoms with Crippen molar-refractivity contribution in [1.29, 1.82) is 0 Å². The average Bonchev–Trinajstić information content (AvgIpc) is 2.65. The number of methoxy groups -OCH3 is 2. The average molecular weight is 389 g/mol. The summed E-state index contributed by atoms with van der Waals surface area (Å²) >= 11 is 0. The number of hydrogen-bond donors (Lipinski definition) is 2. The van der Waals surface area contributed by atoms with Crippen molar-refractivity contribution in [3.63, 3.8) is 0 Å². The normalized spacial score (nSPS) is 11.6. The van der Waals surface area contributed by atoms with E-state index in [1.165, 1.54) is 13.2 Å². The van der Waals surface area contributed by atoms with Crippen LogP contribution in [0.1, 0.15) is 18.9 Å². The second-order valence-corrected chi connectivity index (χ2v) is 5.43. The van der Waals surface area contributed by atoms with Crippen molar-refractivity contribution in [2.24, 2.45) is 4.99 Å². The highest BCUT2D eigenvalue weighted by Gasteiger charge is 2.11. The van der Waals surface area contributed by atoms with E-state index in [1.807, 2.05) is 6.92 Å². The van der Waals surface area contributed by atoms with Crippen molar-refractivity contribution >= 4 is 5.96 Å². The highest BCUT2D eigenvalue weighted by Crippen LogP contribution is 2.26. The maximum atomic E-state index is 12.6. The van der Waals surface area contributed by atoms with E-state index in [9.17, 15) is 8.78 Å². The number of aliphatic imine (C=N–C) groups is 1. The molecule has 2 N–H and O–H groups in total. The van der Waals surface area contributed by atoms with Gasteiger partial charge >= 0.3 is 6.61 Å². The van der Waals surface area contributed by atoms with E-state index in [-0.39, 0.29) is 12.3 Å². The molecule has 0 aliphatic rings. The van der Waals surface area contributed by atoms with Crippen LogP contribution in [0.2, 0.25) is 0 Å². The summed E-state index contributed by atoms with van der Waals surface area (Å²) in [6, 6.07) is 4.65. The minimum absolute atomic E-state index is 0.0805. The monoisotopic (exact) mass is 389 g/mol. The predicted octanol–water partition coefficient (Wildman–Crippen LogP) is 2.40. The van der Waals surface area contributed by atoms with Gasteiger partial charge in [0, 0.05) is 32.4 Å². The SMILES string of the molecule is CCNC(=NCc1cc(OC)ccc1OC(F)F)NCCCOCCOC. The highest BCUT2D eigenvalue weighted by atomic mass is 19.3. The van der Waals surface area contributed by atoms with E-state index in [4.69, 9.17) is 14.2 Å². The number of ether oxygens (including phenoxy) is 4. The summed E-state index contributed by atoms with van der Waals surface area (Å²) in [6.45, 7) is 2.30. The fraction of sp³-hybridized carbons (Fsp3) is 0.611. The molecule has 0 spiro atoms. The van der Waals surface area contributed by atoms with Gasteiger partial charge in [-0.25, -0.2) is 4.99 Å². The van der Waals surface area contributed by atoms with Gasteiger partial charge in [-0.05, 0) is 31.5 Å². The van der Waals surface area contributed by atoms with Crippen LogP contribution in [0.25, 0.3) is 0 Å². The molecule has 154 valence electrons. The van der Waals surface area contributed by atoms with Crippen molar-refractivity contribution in [2.75, 3.05) is 47.1 Å². The highest BCUT2D eigenvalue weighted by molar-refractivity contribution is 5.79. The Morgan fingerprint density at radius 1 is 1.15 bits per heavy atom. The van der Waals surface area contributed by atoms with Gasteiger partial charge < -0.3 is 29.6 Å². The van der Waals surface area contributed by atoms with E-state index in [2.05, 4.69) is 20.4 Å². The zero-order valence-electron chi connectivity index (χ0n) is 16.1. The Balaban J connectivity index is 2.62. The lowest BCUT2D eigenvalue weighted by molar-refractivity contribution is -0.0504. The van der Waals surface area contributed by atoms with Crippen LogP contribution in [0.4, 0.5) is 8.78 Å². The molecule has 0 saturated carbocycles. The molecular formula is C18H29F2N3O4. The topological polar surface area (TPSA) is 73.3 Å². The largest absolute Gasteiger partial charge is 0.497 e. The van der Waals surface area contributed by atoms with E-state index >= 15 is 0 Å². The summed E-state index contributed by atoms with van der Waals surface area (Å²) in [5.41, 5.74) is 0.509. The molecule has 0 amide bonds. The third-order valence-electron chi connectivity index (χ3n) is 3.43. The third kappa shape index (κ3) is 9.95. The number of benzene rings is 1. The number of nitrogens with zero attached hydrogens (tertiary/aromatic N) is 1. The van der Waals surface area contributed by atoms with Crippen LogP contribution < -0.4 is 20.1 Å². The Labute approximate surface area is 159 Å². The molecule has 1 aromatic rings. The van der Waals surface area contributed by atoms with E-state index in [0.717, 1.165) is 6.42 Å². The van der Waals surface area contributed by atoms with Crippen LogP contribution in [-0.2, 0) is 16.0 Å². The van der Waals surface area contributed by atoms with Gasteiger partial charge in [0.25, 0.3) is 0 Å². The minimum atomic E-state index is -2.90. The number of alkyl halides is 2. The van der Waals surface area contributed by atoms with Crippen LogP contribution in [0, 0.1) is 0 Å². The lowest BCUT2D eigenvalue weighted by atomic mass is 10.2. The standard InChI is InChI=1S/C18H29F2N3O4/c1-4-21-18(22-8-5-9-26-11-10-24-2)23-13-14-12-15(25-3)6-7-16(14)27-17(19)20/h6-7,12,17H,4-5,8-11,13H2,1-3H3,(H2,21,22,23). The van der Waals surface area contributed by atoms with Crippen LogP contribution in [0.5, 0.6) is 11.5 Å². The van der Waals surface area contributed by atoms with E-state index in [1.54, 1.807) is 19.2 Å². The Bertz CT molecular complexity index is 559. The number of nitrogens with one attached hydrogen (secondary N) is 2. The molecule has 0 aliphatic carbocycles. The van der Waals surface area contributed by atoms with Gasteiger partial charge in [-0.3, -0.25) is 0 Å². The van der Waals surface area contributed by atoms with Crippen LogP contribution in [0.15, 0.2) is 23.2 Å². The molecule has 9 heteroatoms. The quantitative estimate of drug-likeness (QED) is 0.307. The number of halogens is 2. The molecular weight excluding hydrogens is 360 g/mol. The summed E-state index contributed by atoms with van der Waals surface area (Å²) < 4.78 is 45.2. The second-order valence-electron chi connectivity index (χ2n) is 5.43. The molecule has 0 heterocycles. The summed E-state index contributed by atoms with van der Waals surface area (Å²) in [7, 11) is 3.14. The molecule has 0 aliphatic heterocycles. The lowest BCUT2D eigenvalue weighted by Gasteiger charge is -2.13. The van der Waals surface area contributed by atoms with Gasteiger partial charge in [0.2, 0.25) is 0 Å². The zero-order valence-corrected chi connectivity index (χ0v) is 16.1. The molecule has 0 bridgehead atoms. The first-order valence-corrected chi connectivity index (χ1v) is 8.81. The number of guanidine groups is 1. The number of rotatable bonds is 13. The predicted molar refractivity (Wildman–Crippen MR) is 99.8 cm³/mol.